The zero-order valence-electron chi connectivity index (χ0n) is 10.9. The summed E-state index contributed by atoms with van der Waals surface area (Å²) in [7, 11) is 0. The average Bonchev–Trinajstić information content (AvgIpc) is 2.41. The van der Waals surface area contributed by atoms with Crippen molar-refractivity contribution in [3.63, 3.8) is 0 Å². The summed E-state index contributed by atoms with van der Waals surface area (Å²) in [4.78, 5) is 0. The second-order valence-electron chi connectivity index (χ2n) is 5.58. The van der Waals surface area contributed by atoms with E-state index < -0.39 is 0 Å². The molecule has 18 heavy (non-hydrogen) atoms. The van der Waals surface area contributed by atoms with Crippen molar-refractivity contribution in [3.05, 3.63) is 34.3 Å². The van der Waals surface area contributed by atoms with Crippen LogP contribution in [-0.4, -0.2) is 11.4 Å². The molecule has 1 N–H and O–H groups in total. The van der Waals surface area contributed by atoms with Crippen LogP contribution in [0.4, 0.5) is 0 Å². The predicted octanol–water partition coefficient (Wildman–Crippen LogP) is 4.73. The van der Waals surface area contributed by atoms with E-state index in [0.717, 1.165) is 22.8 Å². The third-order valence-electron chi connectivity index (χ3n) is 4.07. The highest BCUT2D eigenvalue weighted by atomic mass is 79.9. The second-order valence-corrected chi connectivity index (χ2v) is 6.76. The summed E-state index contributed by atoms with van der Waals surface area (Å²) in [5, 5.41) is 3.69. The molecular weight excluding hydrogens is 310 g/mol. The van der Waals surface area contributed by atoms with Gasteiger partial charge in [0.05, 0.1) is 0 Å². The van der Waals surface area contributed by atoms with Gasteiger partial charge in [0.2, 0.25) is 0 Å². The average molecular weight is 331 g/mol. The van der Waals surface area contributed by atoms with Crippen LogP contribution >= 0.6 is 27.5 Å². The van der Waals surface area contributed by atoms with Crippen LogP contribution in [0.5, 0.6) is 0 Å². The van der Waals surface area contributed by atoms with Crippen molar-refractivity contribution < 1.29 is 0 Å². The van der Waals surface area contributed by atoms with Gasteiger partial charge < -0.3 is 5.32 Å². The van der Waals surface area contributed by atoms with Crippen molar-refractivity contribution in [1.82, 2.24) is 5.32 Å². The standard InChI is InChI=1S/C15H21BrClN/c1-12-6-8-15(11-17,9-7-12)18-10-13-2-4-14(16)5-3-13/h2-5,12,18H,6-11H2,1H3. The first kappa shape index (κ1) is 14.4. The van der Waals surface area contributed by atoms with Gasteiger partial charge in [0, 0.05) is 22.4 Å². The first-order valence-corrected chi connectivity index (χ1v) is 8.02. The molecule has 0 amide bonds. The number of alkyl halides is 1. The molecule has 1 aromatic carbocycles. The van der Waals surface area contributed by atoms with Crippen LogP contribution < -0.4 is 5.32 Å². The van der Waals surface area contributed by atoms with Gasteiger partial charge in [-0.05, 0) is 49.3 Å². The number of hydrogen-bond donors (Lipinski definition) is 1. The fourth-order valence-corrected chi connectivity index (χ4v) is 3.19. The van der Waals surface area contributed by atoms with E-state index in [9.17, 15) is 0 Å². The van der Waals surface area contributed by atoms with Gasteiger partial charge in [0.25, 0.3) is 0 Å². The monoisotopic (exact) mass is 329 g/mol. The Bertz CT molecular complexity index is 369. The minimum Gasteiger partial charge on any atom is -0.306 e. The van der Waals surface area contributed by atoms with Gasteiger partial charge in [-0.25, -0.2) is 0 Å². The number of hydrogen-bond acceptors (Lipinski definition) is 1. The van der Waals surface area contributed by atoms with Crippen molar-refractivity contribution in [2.45, 2.75) is 44.7 Å². The topological polar surface area (TPSA) is 12.0 Å². The van der Waals surface area contributed by atoms with Crippen molar-refractivity contribution in [3.8, 4) is 0 Å². The van der Waals surface area contributed by atoms with E-state index in [4.69, 9.17) is 11.6 Å². The molecule has 1 aromatic rings. The minimum absolute atomic E-state index is 0.154. The summed E-state index contributed by atoms with van der Waals surface area (Å²) >= 11 is 9.67. The Morgan fingerprint density at radius 2 is 1.89 bits per heavy atom. The first-order chi connectivity index (χ1) is 8.63. The molecule has 0 aliphatic heterocycles. The molecule has 2 rings (SSSR count). The summed E-state index contributed by atoms with van der Waals surface area (Å²) in [5.41, 5.74) is 1.47. The van der Waals surface area contributed by atoms with Gasteiger partial charge in [-0.15, -0.1) is 11.6 Å². The molecule has 1 aliphatic rings. The van der Waals surface area contributed by atoms with Gasteiger partial charge >= 0.3 is 0 Å². The third-order valence-corrected chi connectivity index (χ3v) is 5.11. The Morgan fingerprint density at radius 1 is 1.28 bits per heavy atom. The maximum absolute atomic E-state index is 6.21. The molecule has 0 radical (unpaired) electrons. The van der Waals surface area contributed by atoms with Crippen molar-refractivity contribution in [2.75, 3.05) is 5.88 Å². The predicted molar refractivity (Wildman–Crippen MR) is 82.1 cm³/mol. The molecule has 0 heterocycles. The molecule has 1 saturated carbocycles. The highest BCUT2D eigenvalue weighted by molar-refractivity contribution is 9.10. The highest BCUT2D eigenvalue weighted by Crippen LogP contribution is 2.33. The Balaban J connectivity index is 1.92. The molecule has 1 fully saturated rings. The molecular formula is C15H21BrClN. The quantitative estimate of drug-likeness (QED) is 0.787. The highest BCUT2D eigenvalue weighted by Gasteiger charge is 2.32. The van der Waals surface area contributed by atoms with E-state index in [1.54, 1.807) is 0 Å². The summed E-state index contributed by atoms with van der Waals surface area (Å²) < 4.78 is 1.13. The SMILES string of the molecule is CC1CCC(CCl)(NCc2ccc(Br)cc2)CC1. The van der Waals surface area contributed by atoms with Gasteiger partial charge in [-0.1, -0.05) is 35.0 Å². The number of nitrogens with one attached hydrogen (secondary N) is 1. The maximum Gasteiger partial charge on any atom is 0.0406 e. The summed E-state index contributed by atoms with van der Waals surface area (Å²) in [6.45, 7) is 3.25. The van der Waals surface area contributed by atoms with Crippen LogP contribution in [0.25, 0.3) is 0 Å². The van der Waals surface area contributed by atoms with E-state index in [1.807, 2.05) is 0 Å². The normalized spacial score (nSPS) is 28.3. The summed E-state index contributed by atoms with van der Waals surface area (Å²) in [5.74, 6) is 1.58. The lowest BCUT2D eigenvalue weighted by Gasteiger charge is -2.39. The molecule has 0 atom stereocenters. The fraction of sp³-hybridized carbons (Fsp3) is 0.600. The smallest absolute Gasteiger partial charge is 0.0406 e. The van der Waals surface area contributed by atoms with Crippen LogP contribution in [0.15, 0.2) is 28.7 Å². The Hall–Kier alpha value is -0.0500. The molecule has 100 valence electrons. The zero-order valence-corrected chi connectivity index (χ0v) is 13.2. The third kappa shape index (κ3) is 3.72. The van der Waals surface area contributed by atoms with Gasteiger partial charge in [-0.3, -0.25) is 0 Å². The van der Waals surface area contributed by atoms with Crippen molar-refractivity contribution in [2.24, 2.45) is 5.92 Å². The molecule has 1 nitrogen and oxygen atoms in total. The Labute approximate surface area is 123 Å². The molecule has 0 bridgehead atoms. The first-order valence-electron chi connectivity index (χ1n) is 6.69. The number of halogens is 2. The molecule has 0 saturated heterocycles. The van der Waals surface area contributed by atoms with E-state index >= 15 is 0 Å². The fourth-order valence-electron chi connectivity index (χ4n) is 2.56. The van der Waals surface area contributed by atoms with E-state index in [2.05, 4.69) is 52.4 Å². The largest absolute Gasteiger partial charge is 0.306 e. The zero-order chi connectivity index (χ0) is 13.0. The lowest BCUT2D eigenvalue weighted by atomic mass is 9.78. The van der Waals surface area contributed by atoms with Gasteiger partial charge in [0.1, 0.15) is 0 Å². The second kappa shape index (κ2) is 6.40. The molecule has 3 heteroatoms. The van der Waals surface area contributed by atoms with Gasteiger partial charge in [-0.2, -0.15) is 0 Å². The van der Waals surface area contributed by atoms with Crippen LogP contribution in [0.3, 0.4) is 0 Å². The summed E-state index contributed by atoms with van der Waals surface area (Å²) in [6, 6.07) is 8.50. The van der Waals surface area contributed by atoms with Crippen LogP contribution in [0, 0.1) is 5.92 Å². The summed E-state index contributed by atoms with van der Waals surface area (Å²) in [6.07, 6.45) is 4.99. The minimum atomic E-state index is 0.154. The van der Waals surface area contributed by atoms with E-state index in [1.165, 1.54) is 31.2 Å². The van der Waals surface area contributed by atoms with Crippen LogP contribution in [-0.2, 0) is 6.54 Å². The van der Waals surface area contributed by atoms with E-state index in [0.29, 0.717) is 0 Å². The van der Waals surface area contributed by atoms with Gasteiger partial charge in [0.15, 0.2) is 0 Å². The lowest BCUT2D eigenvalue weighted by Crippen LogP contribution is -2.49. The maximum atomic E-state index is 6.21. The Morgan fingerprint density at radius 3 is 2.44 bits per heavy atom. The molecule has 0 unspecified atom stereocenters. The molecule has 1 aliphatic carbocycles. The van der Waals surface area contributed by atoms with E-state index in [-0.39, 0.29) is 5.54 Å². The van der Waals surface area contributed by atoms with Crippen LogP contribution in [0.1, 0.15) is 38.2 Å². The van der Waals surface area contributed by atoms with Crippen LogP contribution in [0.2, 0.25) is 0 Å². The van der Waals surface area contributed by atoms with Crippen molar-refractivity contribution >= 4 is 27.5 Å². The molecule has 0 spiro atoms. The lowest BCUT2D eigenvalue weighted by molar-refractivity contribution is 0.216. The number of rotatable bonds is 4. The molecule has 0 aromatic heterocycles. The van der Waals surface area contributed by atoms with Crippen molar-refractivity contribution in [1.29, 1.82) is 0 Å². The Kier molecular flexibility index (Phi) is 5.11. The number of benzene rings is 1.